The van der Waals surface area contributed by atoms with Crippen LogP contribution >= 0.6 is 22.9 Å². The first-order valence-corrected chi connectivity index (χ1v) is 8.45. The Hall–Kier alpha value is -1.63. The highest BCUT2D eigenvalue weighted by atomic mass is 35.5. The molecule has 0 fully saturated rings. The summed E-state index contributed by atoms with van der Waals surface area (Å²) in [5.74, 6) is -0.183. The molecule has 124 valence electrons. The third-order valence-electron chi connectivity index (χ3n) is 3.06. The first kappa shape index (κ1) is 17.7. The Morgan fingerprint density at radius 2 is 2.22 bits per heavy atom. The molecule has 23 heavy (non-hydrogen) atoms. The van der Waals surface area contributed by atoms with Crippen molar-refractivity contribution in [2.24, 2.45) is 0 Å². The van der Waals surface area contributed by atoms with Crippen LogP contribution in [0.1, 0.15) is 12.1 Å². The fourth-order valence-electron chi connectivity index (χ4n) is 2.02. The third kappa shape index (κ3) is 5.49. The van der Waals surface area contributed by atoms with Crippen LogP contribution in [0.25, 0.3) is 10.6 Å². The van der Waals surface area contributed by atoms with Crippen LogP contribution in [0.3, 0.4) is 0 Å². The summed E-state index contributed by atoms with van der Waals surface area (Å²) in [4.78, 5) is 17.3. The van der Waals surface area contributed by atoms with E-state index >= 15 is 0 Å². The third-order valence-corrected chi connectivity index (χ3v) is 4.22. The molecule has 0 unspecified atom stereocenters. The number of aliphatic carboxylic acids is 1. The van der Waals surface area contributed by atoms with E-state index in [0.717, 1.165) is 18.5 Å². The maximum absolute atomic E-state index is 10.8. The number of carboxylic acid groups (broad SMARTS) is 1. The number of hydrogen-bond donors (Lipinski definition) is 1. The lowest BCUT2D eigenvalue weighted by Crippen LogP contribution is -2.15. The Morgan fingerprint density at radius 3 is 2.91 bits per heavy atom. The average Bonchev–Trinajstić information content (AvgIpc) is 2.92. The van der Waals surface area contributed by atoms with E-state index in [4.69, 9.17) is 21.4 Å². The number of ether oxygens (including phenoxy) is 1. The monoisotopic (exact) mass is 354 g/mol. The molecule has 7 heteroatoms. The van der Waals surface area contributed by atoms with Crippen molar-refractivity contribution >= 4 is 28.9 Å². The second kappa shape index (κ2) is 8.29. The van der Waals surface area contributed by atoms with E-state index in [0.29, 0.717) is 28.1 Å². The standard InChI is InChI=1S/C16H19ClN2O3S/c1-19(2)6-3-7-22-14-5-4-11(17)8-13(14)16-18-12(10-23-16)9-15(20)21/h4-5,8,10H,3,6-7,9H2,1-2H3,(H,20,21). The molecule has 2 rings (SSSR count). The van der Waals surface area contributed by atoms with Crippen molar-refractivity contribution in [1.29, 1.82) is 0 Å². The molecule has 1 aromatic carbocycles. The van der Waals surface area contributed by atoms with Crippen molar-refractivity contribution in [1.82, 2.24) is 9.88 Å². The van der Waals surface area contributed by atoms with Crippen LogP contribution in [0, 0.1) is 0 Å². The zero-order valence-electron chi connectivity index (χ0n) is 13.1. The van der Waals surface area contributed by atoms with E-state index in [9.17, 15) is 4.79 Å². The molecule has 0 radical (unpaired) electrons. The molecular weight excluding hydrogens is 336 g/mol. The number of hydrogen-bond acceptors (Lipinski definition) is 5. The molecule has 5 nitrogen and oxygen atoms in total. The van der Waals surface area contributed by atoms with E-state index in [1.54, 1.807) is 17.5 Å². The number of carboxylic acids is 1. The summed E-state index contributed by atoms with van der Waals surface area (Å²) in [6, 6.07) is 5.40. The van der Waals surface area contributed by atoms with Gasteiger partial charge < -0.3 is 14.7 Å². The van der Waals surface area contributed by atoms with Crippen molar-refractivity contribution in [2.75, 3.05) is 27.2 Å². The van der Waals surface area contributed by atoms with Gasteiger partial charge in [0.1, 0.15) is 10.8 Å². The van der Waals surface area contributed by atoms with Gasteiger partial charge in [-0.25, -0.2) is 4.98 Å². The smallest absolute Gasteiger partial charge is 0.309 e. The van der Waals surface area contributed by atoms with Crippen LogP contribution in [-0.2, 0) is 11.2 Å². The first-order chi connectivity index (χ1) is 11.0. The Labute approximate surface area is 144 Å². The number of thiazole rings is 1. The van der Waals surface area contributed by atoms with Crippen molar-refractivity contribution in [3.63, 3.8) is 0 Å². The van der Waals surface area contributed by atoms with Crippen LogP contribution in [0.15, 0.2) is 23.6 Å². The summed E-state index contributed by atoms with van der Waals surface area (Å²) >= 11 is 7.47. The van der Waals surface area contributed by atoms with Gasteiger partial charge >= 0.3 is 5.97 Å². The van der Waals surface area contributed by atoms with Gasteiger partial charge in [-0.2, -0.15) is 0 Å². The second-order valence-electron chi connectivity index (χ2n) is 5.36. The number of halogens is 1. The molecule has 0 aliphatic rings. The SMILES string of the molecule is CN(C)CCCOc1ccc(Cl)cc1-c1nc(CC(=O)O)cs1. The lowest BCUT2D eigenvalue weighted by molar-refractivity contribution is -0.136. The molecule has 0 amide bonds. The minimum Gasteiger partial charge on any atom is -0.493 e. The predicted molar refractivity (Wildman–Crippen MR) is 92.6 cm³/mol. The van der Waals surface area contributed by atoms with Gasteiger partial charge in [-0.1, -0.05) is 11.6 Å². The number of carbonyl (C=O) groups is 1. The van der Waals surface area contributed by atoms with E-state index in [2.05, 4.69) is 9.88 Å². The van der Waals surface area contributed by atoms with E-state index in [-0.39, 0.29) is 6.42 Å². The van der Waals surface area contributed by atoms with Crippen LogP contribution in [0.4, 0.5) is 0 Å². The highest BCUT2D eigenvalue weighted by molar-refractivity contribution is 7.13. The van der Waals surface area contributed by atoms with Gasteiger partial charge in [0.15, 0.2) is 0 Å². The molecule has 0 atom stereocenters. The Bertz CT molecular complexity index is 673. The molecule has 0 spiro atoms. The molecule has 1 N–H and O–H groups in total. The fraction of sp³-hybridized carbons (Fsp3) is 0.375. The predicted octanol–water partition coefficient (Wildman–Crippen LogP) is 3.42. The molecular formula is C16H19ClN2O3S. The number of benzene rings is 1. The summed E-state index contributed by atoms with van der Waals surface area (Å²) in [7, 11) is 4.04. The molecule has 0 aliphatic heterocycles. The Morgan fingerprint density at radius 1 is 1.43 bits per heavy atom. The van der Waals surface area contributed by atoms with E-state index < -0.39 is 5.97 Å². The summed E-state index contributed by atoms with van der Waals surface area (Å²) in [5, 5.41) is 11.9. The number of aromatic nitrogens is 1. The minimum absolute atomic E-state index is 0.0872. The zero-order valence-corrected chi connectivity index (χ0v) is 14.7. The van der Waals surface area contributed by atoms with Crippen LogP contribution in [0.5, 0.6) is 5.75 Å². The highest BCUT2D eigenvalue weighted by Gasteiger charge is 2.13. The summed E-state index contributed by atoms with van der Waals surface area (Å²) in [5.41, 5.74) is 1.33. The Balaban J connectivity index is 2.14. The number of nitrogens with zero attached hydrogens (tertiary/aromatic N) is 2. The van der Waals surface area contributed by atoms with Crippen LogP contribution in [0.2, 0.25) is 5.02 Å². The van der Waals surface area contributed by atoms with Crippen LogP contribution < -0.4 is 4.74 Å². The molecule has 0 aliphatic carbocycles. The van der Waals surface area contributed by atoms with Crippen molar-refractivity contribution in [2.45, 2.75) is 12.8 Å². The van der Waals surface area contributed by atoms with Gasteiger partial charge in [-0.05, 0) is 38.7 Å². The topological polar surface area (TPSA) is 62.7 Å². The second-order valence-corrected chi connectivity index (χ2v) is 6.65. The molecule has 1 heterocycles. The Kier molecular flexibility index (Phi) is 6.38. The van der Waals surface area contributed by atoms with Crippen molar-refractivity contribution < 1.29 is 14.6 Å². The highest BCUT2D eigenvalue weighted by Crippen LogP contribution is 2.34. The average molecular weight is 355 g/mol. The molecule has 2 aromatic rings. The lowest BCUT2D eigenvalue weighted by atomic mass is 10.2. The summed E-state index contributed by atoms with van der Waals surface area (Å²) in [6.07, 6.45) is 0.827. The van der Waals surface area contributed by atoms with Gasteiger partial charge in [0, 0.05) is 16.9 Å². The first-order valence-electron chi connectivity index (χ1n) is 7.19. The van der Waals surface area contributed by atoms with Gasteiger partial charge in [0.2, 0.25) is 0 Å². The molecule has 0 bridgehead atoms. The van der Waals surface area contributed by atoms with E-state index in [1.165, 1.54) is 11.3 Å². The molecule has 0 saturated heterocycles. The van der Waals surface area contributed by atoms with E-state index in [1.807, 2.05) is 20.2 Å². The fourth-order valence-corrected chi connectivity index (χ4v) is 3.04. The van der Waals surface area contributed by atoms with Gasteiger partial charge in [-0.15, -0.1) is 11.3 Å². The summed E-state index contributed by atoms with van der Waals surface area (Å²) < 4.78 is 5.85. The molecule has 1 aromatic heterocycles. The van der Waals surface area contributed by atoms with Gasteiger partial charge in [-0.3, -0.25) is 4.79 Å². The van der Waals surface area contributed by atoms with Gasteiger partial charge in [0.05, 0.1) is 24.3 Å². The van der Waals surface area contributed by atoms with Crippen LogP contribution in [-0.4, -0.2) is 48.2 Å². The van der Waals surface area contributed by atoms with Crippen molar-refractivity contribution in [3.8, 4) is 16.3 Å². The minimum atomic E-state index is -0.895. The maximum atomic E-state index is 10.8. The van der Waals surface area contributed by atoms with Crippen molar-refractivity contribution in [3.05, 3.63) is 34.3 Å². The number of rotatable bonds is 8. The lowest BCUT2D eigenvalue weighted by Gasteiger charge is -2.12. The zero-order chi connectivity index (χ0) is 16.8. The molecule has 0 saturated carbocycles. The largest absolute Gasteiger partial charge is 0.493 e. The summed E-state index contributed by atoms with van der Waals surface area (Å²) in [6.45, 7) is 1.54. The maximum Gasteiger partial charge on any atom is 0.309 e. The van der Waals surface area contributed by atoms with Gasteiger partial charge in [0.25, 0.3) is 0 Å². The normalized spacial score (nSPS) is 11.0. The quantitative estimate of drug-likeness (QED) is 0.736.